The largest absolute Gasteiger partial charge is 0.497 e. The maximum absolute atomic E-state index is 12.3. The van der Waals surface area contributed by atoms with Crippen molar-refractivity contribution in [2.24, 2.45) is 0 Å². The lowest BCUT2D eigenvalue weighted by molar-refractivity contribution is -0.140. The van der Waals surface area contributed by atoms with E-state index in [4.69, 9.17) is 10.5 Å². The fourth-order valence-electron chi connectivity index (χ4n) is 2.42. The van der Waals surface area contributed by atoms with Crippen molar-refractivity contribution in [2.45, 2.75) is 19.0 Å². The average Bonchev–Trinajstić information content (AvgIpc) is 2.83. The summed E-state index contributed by atoms with van der Waals surface area (Å²) in [6.07, 6.45) is 0.935. The third kappa shape index (κ3) is 2.51. The number of carbonyl (C=O) groups excluding carboxylic acids is 1. The highest BCUT2D eigenvalue weighted by Gasteiger charge is 2.33. The van der Waals surface area contributed by atoms with Crippen molar-refractivity contribution in [3.8, 4) is 5.75 Å². The number of nitrogen functional groups attached to an aromatic ring is 1. The van der Waals surface area contributed by atoms with Crippen molar-refractivity contribution in [2.75, 3.05) is 19.4 Å². The van der Waals surface area contributed by atoms with E-state index in [0.717, 1.165) is 24.3 Å². The minimum absolute atomic E-state index is 0.0481. The van der Waals surface area contributed by atoms with E-state index in [9.17, 15) is 4.79 Å². The van der Waals surface area contributed by atoms with Gasteiger partial charge in [-0.1, -0.05) is 17.2 Å². The van der Waals surface area contributed by atoms with Crippen LogP contribution in [-0.2, 0) is 11.3 Å². The summed E-state index contributed by atoms with van der Waals surface area (Å²) >= 11 is 0. The molecule has 0 spiro atoms. The Morgan fingerprint density at radius 1 is 1.52 bits per heavy atom. The molecule has 0 aliphatic carbocycles. The predicted octanol–water partition coefficient (Wildman–Crippen LogP) is 0.237. The second-order valence-corrected chi connectivity index (χ2v) is 4.86. The number of carbonyl (C=O) groups is 1. The zero-order valence-corrected chi connectivity index (χ0v) is 11.6. The number of nitrogens with zero attached hydrogens (tertiary/aromatic N) is 5. The molecule has 0 bridgehead atoms. The molecule has 1 aliphatic rings. The van der Waals surface area contributed by atoms with Gasteiger partial charge in [0.25, 0.3) is 0 Å². The zero-order valence-electron chi connectivity index (χ0n) is 11.6. The standard InChI is InChI=1S/C13H16N6O2/c1-21-10-4-2-3-9(7-10)11-5-6-18(11)12(20)8-19-13(14)15-16-17-19/h2-4,7,11H,5-6,8H2,1H3,(H2,14,15,17). The van der Waals surface area contributed by atoms with E-state index in [2.05, 4.69) is 15.5 Å². The molecule has 0 radical (unpaired) electrons. The lowest BCUT2D eigenvalue weighted by Crippen LogP contribution is -2.46. The summed E-state index contributed by atoms with van der Waals surface area (Å²) in [5.41, 5.74) is 6.64. The van der Waals surface area contributed by atoms with E-state index >= 15 is 0 Å². The van der Waals surface area contributed by atoms with E-state index in [1.165, 1.54) is 4.68 Å². The average molecular weight is 288 g/mol. The molecule has 1 saturated heterocycles. The highest BCUT2D eigenvalue weighted by molar-refractivity contribution is 5.77. The number of tetrazole rings is 1. The molecule has 1 aromatic heterocycles. The number of anilines is 1. The minimum atomic E-state index is -0.0481. The Bertz CT molecular complexity index is 656. The Kier molecular flexibility index (Phi) is 3.43. The van der Waals surface area contributed by atoms with Gasteiger partial charge in [-0.3, -0.25) is 4.79 Å². The normalized spacial score (nSPS) is 17.4. The van der Waals surface area contributed by atoms with Gasteiger partial charge in [-0.25, -0.2) is 4.68 Å². The molecule has 2 heterocycles. The van der Waals surface area contributed by atoms with E-state index in [1.54, 1.807) is 12.0 Å². The molecular formula is C13H16N6O2. The lowest BCUT2D eigenvalue weighted by Gasteiger charge is -2.41. The molecule has 2 aromatic rings. The van der Waals surface area contributed by atoms with Crippen LogP contribution in [0.4, 0.5) is 5.95 Å². The second kappa shape index (κ2) is 5.39. The topological polar surface area (TPSA) is 99.2 Å². The third-order valence-electron chi connectivity index (χ3n) is 3.66. The number of benzene rings is 1. The molecule has 8 nitrogen and oxygen atoms in total. The Morgan fingerprint density at radius 2 is 2.38 bits per heavy atom. The quantitative estimate of drug-likeness (QED) is 0.865. The first-order valence-corrected chi connectivity index (χ1v) is 6.64. The molecule has 1 amide bonds. The number of methoxy groups -OCH3 is 1. The molecular weight excluding hydrogens is 272 g/mol. The molecule has 110 valence electrons. The number of amides is 1. The second-order valence-electron chi connectivity index (χ2n) is 4.86. The number of hydrogen-bond donors (Lipinski definition) is 1. The van der Waals surface area contributed by atoms with Gasteiger partial charge in [0.05, 0.1) is 13.2 Å². The fraction of sp³-hybridized carbons (Fsp3) is 0.385. The van der Waals surface area contributed by atoms with Crippen LogP contribution in [0.1, 0.15) is 18.0 Å². The summed E-state index contributed by atoms with van der Waals surface area (Å²) < 4.78 is 6.51. The summed E-state index contributed by atoms with van der Waals surface area (Å²) in [6.45, 7) is 0.780. The maximum atomic E-state index is 12.3. The van der Waals surface area contributed by atoms with Crippen LogP contribution in [0.5, 0.6) is 5.75 Å². The van der Waals surface area contributed by atoms with Crippen molar-refractivity contribution in [1.29, 1.82) is 0 Å². The molecule has 0 saturated carbocycles. The van der Waals surface area contributed by atoms with Crippen LogP contribution < -0.4 is 10.5 Å². The summed E-state index contributed by atoms with van der Waals surface area (Å²) in [7, 11) is 1.63. The monoisotopic (exact) mass is 288 g/mol. The molecule has 1 aromatic carbocycles. The number of nitrogens with two attached hydrogens (primary N) is 1. The van der Waals surface area contributed by atoms with E-state index in [0.29, 0.717) is 0 Å². The van der Waals surface area contributed by atoms with Gasteiger partial charge in [-0.15, -0.1) is 0 Å². The van der Waals surface area contributed by atoms with Gasteiger partial charge in [0, 0.05) is 6.54 Å². The maximum Gasteiger partial charge on any atom is 0.245 e. The molecule has 1 aliphatic heterocycles. The smallest absolute Gasteiger partial charge is 0.245 e. The summed E-state index contributed by atoms with van der Waals surface area (Å²) in [5.74, 6) is 0.881. The van der Waals surface area contributed by atoms with Gasteiger partial charge in [0.2, 0.25) is 11.9 Å². The Hall–Kier alpha value is -2.64. The van der Waals surface area contributed by atoms with Crippen LogP contribution in [-0.4, -0.2) is 44.7 Å². The van der Waals surface area contributed by atoms with E-state index in [1.807, 2.05) is 24.3 Å². The van der Waals surface area contributed by atoms with Gasteiger partial charge in [-0.05, 0) is 34.5 Å². The van der Waals surface area contributed by atoms with Crippen molar-refractivity contribution >= 4 is 11.9 Å². The molecule has 2 N–H and O–H groups in total. The first-order chi connectivity index (χ1) is 10.2. The van der Waals surface area contributed by atoms with Crippen LogP contribution in [0.3, 0.4) is 0 Å². The third-order valence-corrected chi connectivity index (χ3v) is 3.66. The lowest BCUT2D eigenvalue weighted by atomic mass is 9.94. The van der Waals surface area contributed by atoms with Crippen LogP contribution in [0, 0.1) is 0 Å². The molecule has 1 fully saturated rings. The molecule has 3 rings (SSSR count). The first kappa shape index (κ1) is 13.3. The highest BCUT2D eigenvalue weighted by atomic mass is 16.5. The number of rotatable bonds is 4. The van der Waals surface area contributed by atoms with Crippen LogP contribution >= 0.6 is 0 Å². The Labute approximate surface area is 121 Å². The zero-order chi connectivity index (χ0) is 14.8. The SMILES string of the molecule is COc1cccc(C2CCN2C(=O)Cn2nnnc2N)c1. The van der Waals surface area contributed by atoms with Crippen molar-refractivity contribution in [1.82, 2.24) is 25.1 Å². The van der Waals surface area contributed by atoms with Gasteiger partial charge in [-0.2, -0.15) is 0 Å². The molecule has 21 heavy (non-hydrogen) atoms. The molecule has 1 unspecified atom stereocenters. The number of aromatic nitrogens is 4. The Balaban J connectivity index is 1.71. The molecule has 1 atom stereocenters. The first-order valence-electron chi connectivity index (χ1n) is 6.64. The Morgan fingerprint density at radius 3 is 3.00 bits per heavy atom. The number of likely N-dealkylation sites (tertiary alicyclic amines) is 1. The minimum Gasteiger partial charge on any atom is -0.497 e. The molecule has 8 heteroatoms. The van der Waals surface area contributed by atoms with Crippen molar-refractivity contribution in [3.05, 3.63) is 29.8 Å². The van der Waals surface area contributed by atoms with E-state index < -0.39 is 0 Å². The highest BCUT2D eigenvalue weighted by Crippen LogP contribution is 2.34. The van der Waals surface area contributed by atoms with Crippen molar-refractivity contribution < 1.29 is 9.53 Å². The van der Waals surface area contributed by atoms with Crippen LogP contribution in [0.25, 0.3) is 0 Å². The van der Waals surface area contributed by atoms with Gasteiger partial charge in [0.1, 0.15) is 12.3 Å². The van der Waals surface area contributed by atoms with Gasteiger partial charge >= 0.3 is 0 Å². The number of ether oxygens (including phenoxy) is 1. The number of hydrogen-bond acceptors (Lipinski definition) is 6. The van der Waals surface area contributed by atoms with Crippen molar-refractivity contribution in [3.63, 3.8) is 0 Å². The van der Waals surface area contributed by atoms with Crippen LogP contribution in [0.15, 0.2) is 24.3 Å². The fourth-order valence-corrected chi connectivity index (χ4v) is 2.42. The van der Waals surface area contributed by atoms with Crippen LogP contribution in [0.2, 0.25) is 0 Å². The van der Waals surface area contributed by atoms with E-state index in [-0.39, 0.29) is 24.4 Å². The van der Waals surface area contributed by atoms with Gasteiger partial charge < -0.3 is 15.4 Å². The van der Waals surface area contributed by atoms with Gasteiger partial charge in [0.15, 0.2) is 0 Å². The summed E-state index contributed by atoms with van der Waals surface area (Å²) in [4.78, 5) is 14.1. The summed E-state index contributed by atoms with van der Waals surface area (Å²) in [6, 6.07) is 7.84. The summed E-state index contributed by atoms with van der Waals surface area (Å²) in [5, 5.41) is 10.7. The predicted molar refractivity (Wildman–Crippen MR) is 74.3 cm³/mol.